The third-order valence-corrected chi connectivity index (χ3v) is 14.7. The van der Waals surface area contributed by atoms with E-state index in [0.29, 0.717) is 11.0 Å². The third kappa shape index (κ3) is 62.4. The minimum atomic E-state index is -1.51. The topological polar surface area (TPSA) is 108 Å². The first kappa shape index (κ1) is 76.0. The monoisotopic (exact) mass is 1110 g/mol. The van der Waals surface area contributed by atoms with E-state index in [-0.39, 0.29) is 38.6 Å². The normalized spacial score (nSPS) is 13.1. The molecule has 0 saturated heterocycles. The van der Waals surface area contributed by atoms with Crippen molar-refractivity contribution in [2.24, 2.45) is 0 Å². The van der Waals surface area contributed by atoms with Crippen molar-refractivity contribution < 1.29 is 42.9 Å². The summed E-state index contributed by atoms with van der Waals surface area (Å²) in [6, 6.07) is 0. The number of nitrogens with zero attached hydrogens (tertiary/aromatic N) is 1. The van der Waals surface area contributed by atoms with Crippen molar-refractivity contribution in [3.63, 3.8) is 0 Å². The molecule has 0 bridgehead atoms. The van der Waals surface area contributed by atoms with E-state index in [1.807, 2.05) is 21.1 Å². The molecule has 0 rings (SSSR count). The van der Waals surface area contributed by atoms with E-state index in [0.717, 1.165) is 77.0 Å². The highest BCUT2D eigenvalue weighted by atomic mass is 16.7. The Morgan fingerprint density at radius 1 is 0.380 bits per heavy atom. The summed E-state index contributed by atoms with van der Waals surface area (Å²) in [4.78, 5) is 37.4. The lowest BCUT2D eigenvalue weighted by Gasteiger charge is -2.25. The Hall–Kier alpha value is -3.01. The van der Waals surface area contributed by atoms with Crippen LogP contribution >= 0.6 is 0 Å². The van der Waals surface area contributed by atoms with E-state index < -0.39 is 24.3 Å². The number of allylic oxidation sites excluding steroid dienone is 10. The summed E-state index contributed by atoms with van der Waals surface area (Å²) in [5.74, 6) is -2.01. The lowest BCUT2D eigenvalue weighted by Crippen LogP contribution is -2.40. The summed E-state index contributed by atoms with van der Waals surface area (Å²) < 4.78 is 22.9. The standard InChI is InChI=1S/C70H127NO8/c1-6-8-10-12-14-16-18-20-22-23-24-25-26-27-28-29-30-31-32-33-34-35-36-37-38-39-40-41-42-43-44-45-47-49-51-53-55-57-59-61-68(73)79-66(65-78-70(69(74)75)76-63-62-71(3,4)5)64-77-67(72)60-58-56-54-52-50-48-46-21-19-17-15-13-11-9-7-2/h15,17-18,20-21,23-24,26-27,46,66,70H,6-14,16,19,22,25,28-45,47-65H2,1-5H3/p+1/b17-15-,20-18-,24-23-,27-26-,46-21-. The second-order valence-electron chi connectivity index (χ2n) is 23.8. The van der Waals surface area contributed by atoms with E-state index in [1.165, 1.54) is 205 Å². The lowest BCUT2D eigenvalue weighted by molar-refractivity contribution is -0.870. The van der Waals surface area contributed by atoms with Crippen molar-refractivity contribution in [1.82, 2.24) is 0 Å². The summed E-state index contributed by atoms with van der Waals surface area (Å²) in [6.07, 6.45) is 76.3. The first-order valence-corrected chi connectivity index (χ1v) is 33.5. The second kappa shape index (κ2) is 61.1. The van der Waals surface area contributed by atoms with E-state index in [1.54, 1.807) is 0 Å². The number of carbonyl (C=O) groups excluding carboxylic acids is 2. The number of carboxylic acids is 1. The minimum absolute atomic E-state index is 0.186. The lowest BCUT2D eigenvalue weighted by atomic mass is 10.0. The predicted octanol–water partition coefficient (Wildman–Crippen LogP) is 20.4. The van der Waals surface area contributed by atoms with Crippen molar-refractivity contribution in [1.29, 1.82) is 0 Å². The zero-order valence-corrected chi connectivity index (χ0v) is 52.5. The number of quaternary nitrogens is 1. The molecule has 0 aliphatic carbocycles. The fraction of sp³-hybridized carbons (Fsp3) is 0.814. The second-order valence-corrected chi connectivity index (χ2v) is 23.8. The molecule has 0 spiro atoms. The van der Waals surface area contributed by atoms with Crippen LogP contribution in [-0.4, -0.2) is 87.4 Å². The number of rotatable bonds is 62. The molecule has 79 heavy (non-hydrogen) atoms. The fourth-order valence-electron chi connectivity index (χ4n) is 9.58. The average molecular weight is 1110 g/mol. The fourth-order valence-corrected chi connectivity index (χ4v) is 9.58. The molecule has 460 valence electrons. The Labute approximate surface area is 488 Å². The van der Waals surface area contributed by atoms with E-state index in [4.69, 9.17) is 18.9 Å². The maximum Gasteiger partial charge on any atom is 0.361 e. The molecule has 0 aliphatic heterocycles. The van der Waals surface area contributed by atoms with Crippen molar-refractivity contribution in [2.75, 3.05) is 47.5 Å². The molecule has 2 atom stereocenters. The highest BCUT2D eigenvalue weighted by Crippen LogP contribution is 2.18. The molecular weight excluding hydrogens is 983 g/mol. The summed E-state index contributed by atoms with van der Waals surface area (Å²) in [7, 11) is 5.97. The van der Waals surface area contributed by atoms with Crippen molar-refractivity contribution >= 4 is 17.9 Å². The van der Waals surface area contributed by atoms with Gasteiger partial charge in [0.1, 0.15) is 13.2 Å². The zero-order valence-electron chi connectivity index (χ0n) is 52.5. The maximum atomic E-state index is 12.9. The van der Waals surface area contributed by atoms with Gasteiger partial charge < -0.3 is 28.5 Å². The van der Waals surface area contributed by atoms with Gasteiger partial charge >= 0.3 is 17.9 Å². The van der Waals surface area contributed by atoms with E-state index >= 15 is 0 Å². The Morgan fingerprint density at radius 3 is 1.04 bits per heavy atom. The van der Waals surface area contributed by atoms with Crippen LogP contribution in [0.5, 0.6) is 0 Å². The smallest absolute Gasteiger partial charge is 0.361 e. The van der Waals surface area contributed by atoms with Crippen molar-refractivity contribution in [2.45, 2.75) is 322 Å². The molecule has 0 aromatic carbocycles. The molecule has 9 nitrogen and oxygen atoms in total. The number of likely N-dealkylation sites (N-methyl/N-ethyl adjacent to an activating group) is 1. The Bertz CT molecular complexity index is 1480. The van der Waals surface area contributed by atoms with Gasteiger partial charge in [0.2, 0.25) is 0 Å². The number of hydrogen-bond donors (Lipinski definition) is 1. The van der Waals surface area contributed by atoms with Crippen LogP contribution in [0.15, 0.2) is 60.8 Å². The Kier molecular flexibility index (Phi) is 58.7. The van der Waals surface area contributed by atoms with Crippen LogP contribution in [0.25, 0.3) is 0 Å². The molecule has 0 aliphatic rings. The number of ether oxygens (including phenoxy) is 4. The Morgan fingerprint density at radius 2 is 0.684 bits per heavy atom. The van der Waals surface area contributed by atoms with Crippen LogP contribution in [-0.2, 0) is 33.3 Å². The minimum Gasteiger partial charge on any atom is -0.477 e. The van der Waals surface area contributed by atoms with Crippen LogP contribution in [0, 0.1) is 0 Å². The molecule has 0 fully saturated rings. The molecule has 1 N–H and O–H groups in total. The third-order valence-electron chi connectivity index (χ3n) is 14.7. The van der Waals surface area contributed by atoms with Gasteiger partial charge in [0.25, 0.3) is 6.29 Å². The number of esters is 2. The van der Waals surface area contributed by atoms with Gasteiger partial charge in [-0.1, -0.05) is 274 Å². The zero-order chi connectivity index (χ0) is 57.6. The van der Waals surface area contributed by atoms with Crippen LogP contribution in [0.4, 0.5) is 0 Å². The average Bonchev–Trinajstić information content (AvgIpc) is 3.42. The van der Waals surface area contributed by atoms with Gasteiger partial charge in [-0.25, -0.2) is 4.79 Å². The molecule has 0 saturated carbocycles. The van der Waals surface area contributed by atoms with Crippen LogP contribution in [0.3, 0.4) is 0 Å². The van der Waals surface area contributed by atoms with E-state index in [9.17, 15) is 19.5 Å². The first-order valence-electron chi connectivity index (χ1n) is 33.5. The number of carbonyl (C=O) groups is 3. The maximum absolute atomic E-state index is 12.9. The van der Waals surface area contributed by atoms with Crippen LogP contribution in [0.1, 0.15) is 309 Å². The van der Waals surface area contributed by atoms with Crippen molar-refractivity contribution in [3.8, 4) is 0 Å². The SMILES string of the molecule is CCCCC/C=C\C/C=C\CCCCCCCC(=O)OCC(COC(OCC[N+](C)(C)C)C(=O)O)OC(=O)CCCCCCCCCCCCCCCCCCCCCCCCCC/C=C\C/C=C\C/C=C\CCCCCCC. The van der Waals surface area contributed by atoms with Gasteiger partial charge in [0.05, 0.1) is 34.4 Å². The molecule has 0 amide bonds. The number of carboxylic acid groups (broad SMARTS) is 1. The quantitative estimate of drug-likeness (QED) is 0.0211. The first-order chi connectivity index (χ1) is 38.6. The highest BCUT2D eigenvalue weighted by molar-refractivity contribution is 5.71. The Balaban J connectivity index is 3.97. The predicted molar refractivity (Wildman–Crippen MR) is 336 cm³/mol. The highest BCUT2D eigenvalue weighted by Gasteiger charge is 2.25. The summed E-state index contributed by atoms with van der Waals surface area (Å²) in [5, 5.41) is 9.71. The van der Waals surface area contributed by atoms with Gasteiger partial charge in [-0.3, -0.25) is 9.59 Å². The summed E-state index contributed by atoms with van der Waals surface area (Å²) in [6.45, 7) is 4.85. The van der Waals surface area contributed by atoms with Gasteiger partial charge in [0.15, 0.2) is 6.10 Å². The van der Waals surface area contributed by atoms with Crippen LogP contribution < -0.4 is 0 Å². The van der Waals surface area contributed by atoms with Gasteiger partial charge in [-0.2, -0.15) is 0 Å². The summed E-state index contributed by atoms with van der Waals surface area (Å²) in [5.41, 5.74) is 0. The number of hydrogen-bond acceptors (Lipinski definition) is 7. The molecule has 2 unspecified atom stereocenters. The van der Waals surface area contributed by atoms with Gasteiger partial charge in [-0.15, -0.1) is 0 Å². The summed E-state index contributed by atoms with van der Waals surface area (Å²) >= 11 is 0. The number of aliphatic carboxylic acids is 1. The molecule has 0 aromatic heterocycles. The van der Waals surface area contributed by atoms with Crippen LogP contribution in [0.2, 0.25) is 0 Å². The molecule has 9 heteroatoms. The van der Waals surface area contributed by atoms with Gasteiger partial charge in [0, 0.05) is 12.8 Å². The molecular formula is C70H128NO8+. The number of unbranched alkanes of at least 4 members (excludes halogenated alkanes) is 37. The van der Waals surface area contributed by atoms with Crippen molar-refractivity contribution in [3.05, 3.63) is 60.8 Å². The van der Waals surface area contributed by atoms with E-state index in [2.05, 4.69) is 74.6 Å². The molecule has 0 aromatic rings. The largest absolute Gasteiger partial charge is 0.477 e. The molecule has 0 heterocycles. The molecule has 0 radical (unpaired) electrons. The van der Waals surface area contributed by atoms with Gasteiger partial charge in [-0.05, 0) is 83.5 Å².